The van der Waals surface area contributed by atoms with Crippen LogP contribution in [-0.4, -0.2) is 47.7 Å². The van der Waals surface area contributed by atoms with Crippen LogP contribution in [-0.2, 0) is 4.79 Å². The third kappa shape index (κ3) is 2.69. The molecule has 1 saturated heterocycles. The number of nitrogens with one attached hydrogen (secondary N) is 1. The topological polar surface area (TPSA) is 52.6 Å². The molecule has 0 aromatic carbocycles. The first-order valence-corrected chi connectivity index (χ1v) is 7.23. The predicted octanol–water partition coefficient (Wildman–Crippen LogP) is 1.70. The third-order valence-electron chi connectivity index (χ3n) is 4.90. The number of likely N-dealkylation sites (tertiary alicyclic amines) is 1. The van der Waals surface area contributed by atoms with Crippen LogP contribution < -0.4 is 5.32 Å². The van der Waals surface area contributed by atoms with E-state index in [1.165, 1.54) is 38.5 Å². The number of fused-ring (bicyclic) bond motifs is 1. The van der Waals surface area contributed by atoms with E-state index in [9.17, 15) is 9.90 Å². The summed E-state index contributed by atoms with van der Waals surface area (Å²) in [7, 11) is 1.75. The van der Waals surface area contributed by atoms with Crippen LogP contribution in [0.1, 0.15) is 45.4 Å². The highest BCUT2D eigenvalue weighted by Gasteiger charge is 2.39. The second kappa shape index (κ2) is 5.57. The normalized spacial score (nSPS) is 32.6. The van der Waals surface area contributed by atoms with E-state index >= 15 is 0 Å². The first-order chi connectivity index (χ1) is 8.57. The van der Waals surface area contributed by atoms with Crippen LogP contribution in [0.2, 0.25) is 0 Å². The molecular formula is C14H26N2O2. The van der Waals surface area contributed by atoms with Crippen molar-refractivity contribution in [1.82, 2.24) is 10.2 Å². The lowest BCUT2D eigenvalue weighted by Gasteiger charge is -2.46. The molecule has 1 saturated carbocycles. The average molecular weight is 254 g/mol. The van der Waals surface area contributed by atoms with Crippen LogP contribution in [0.4, 0.5) is 0 Å². The molecule has 1 aliphatic carbocycles. The van der Waals surface area contributed by atoms with Gasteiger partial charge >= 0.3 is 5.97 Å². The van der Waals surface area contributed by atoms with Crippen molar-refractivity contribution < 1.29 is 9.90 Å². The molecule has 0 aromatic rings. The molecule has 2 fully saturated rings. The van der Waals surface area contributed by atoms with E-state index in [0.29, 0.717) is 12.6 Å². The summed E-state index contributed by atoms with van der Waals surface area (Å²) >= 11 is 0. The molecule has 0 amide bonds. The number of carbonyl (C=O) groups is 1. The van der Waals surface area contributed by atoms with Crippen LogP contribution in [0.25, 0.3) is 0 Å². The highest BCUT2D eigenvalue weighted by Crippen LogP contribution is 2.35. The van der Waals surface area contributed by atoms with Crippen molar-refractivity contribution in [3.63, 3.8) is 0 Å². The number of likely N-dealkylation sites (N-methyl/N-ethyl adjacent to an activating group) is 1. The Hall–Kier alpha value is -0.610. The van der Waals surface area contributed by atoms with Gasteiger partial charge in [0.05, 0.1) is 0 Å². The van der Waals surface area contributed by atoms with Gasteiger partial charge in [0.1, 0.15) is 5.54 Å². The Bertz CT molecular complexity index is 306. The highest BCUT2D eigenvalue weighted by atomic mass is 16.4. The van der Waals surface area contributed by atoms with Crippen molar-refractivity contribution in [2.45, 2.75) is 57.0 Å². The maximum atomic E-state index is 11.4. The fourth-order valence-electron chi connectivity index (χ4n) is 3.58. The van der Waals surface area contributed by atoms with E-state index < -0.39 is 11.5 Å². The summed E-state index contributed by atoms with van der Waals surface area (Å²) in [6.07, 6.45) is 7.82. The first-order valence-electron chi connectivity index (χ1n) is 7.23. The van der Waals surface area contributed by atoms with E-state index in [0.717, 1.165) is 12.5 Å². The Morgan fingerprint density at radius 3 is 2.67 bits per heavy atom. The minimum Gasteiger partial charge on any atom is -0.480 e. The highest BCUT2D eigenvalue weighted by molar-refractivity contribution is 5.78. The lowest BCUT2D eigenvalue weighted by atomic mass is 9.78. The molecule has 104 valence electrons. The Morgan fingerprint density at radius 2 is 2.00 bits per heavy atom. The zero-order chi connectivity index (χ0) is 13.2. The zero-order valence-electron chi connectivity index (χ0n) is 11.6. The SMILES string of the molecule is CNC(C)(CN1CCCC2CCCCC21)C(=O)O. The van der Waals surface area contributed by atoms with Crippen LogP contribution in [0.5, 0.6) is 0 Å². The number of carboxylic acid groups (broad SMARTS) is 1. The molecule has 0 radical (unpaired) electrons. The fourth-order valence-corrected chi connectivity index (χ4v) is 3.58. The first kappa shape index (κ1) is 13.8. The zero-order valence-corrected chi connectivity index (χ0v) is 11.6. The van der Waals surface area contributed by atoms with Crippen molar-refractivity contribution in [3.05, 3.63) is 0 Å². The van der Waals surface area contributed by atoms with E-state index in [-0.39, 0.29) is 0 Å². The molecule has 4 heteroatoms. The van der Waals surface area contributed by atoms with Crippen molar-refractivity contribution in [3.8, 4) is 0 Å². The van der Waals surface area contributed by atoms with E-state index in [1.807, 2.05) is 0 Å². The van der Waals surface area contributed by atoms with Crippen molar-refractivity contribution in [2.24, 2.45) is 5.92 Å². The number of hydrogen-bond acceptors (Lipinski definition) is 3. The third-order valence-corrected chi connectivity index (χ3v) is 4.90. The van der Waals surface area contributed by atoms with Gasteiger partial charge in [-0.25, -0.2) is 0 Å². The number of nitrogens with zero attached hydrogens (tertiary/aromatic N) is 1. The average Bonchev–Trinajstić information content (AvgIpc) is 2.39. The van der Waals surface area contributed by atoms with Crippen LogP contribution in [0.3, 0.4) is 0 Å². The number of carboxylic acids is 1. The molecular weight excluding hydrogens is 228 g/mol. The predicted molar refractivity (Wildman–Crippen MR) is 71.7 cm³/mol. The molecule has 2 rings (SSSR count). The molecule has 0 aromatic heterocycles. The summed E-state index contributed by atoms with van der Waals surface area (Å²) in [5, 5.41) is 12.3. The molecule has 0 bridgehead atoms. The summed E-state index contributed by atoms with van der Waals surface area (Å²) in [5.41, 5.74) is -0.820. The van der Waals surface area contributed by atoms with E-state index in [1.54, 1.807) is 14.0 Å². The fraction of sp³-hybridized carbons (Fsp3) is 0.929. The van der Waals surface area contributed by atoms with Crippen LogP contribution in [0.15, 0.2) is 0 Å². The summed E-state index contributed by atoms with van der Waals surface area (Å²) < 4.78 is 0. The quantitative estimate of drug-likeness (QED) is 0.802. The van der Waals surface area contributed by atoms with Crippen molar-refractivity contribution in [1.29, 1.82) is 0 Å². The standard InChI is InChI=1S/C14H26N2O2/c1-14(15-2,13(17)18)10-16-9-5-7-11-6-3-4-8-12(11)16/h11-12,15H,3-10H2,1-2H3,(H,17,18). The van der Waals surface area contributed by atoms with E-state index in [4.69, 9.17) is 0 Å². The van der Waals surface area contributed by atoms with Crippen molar-refractivity contribution in [2.75, 3.05) is 20.1 Å². The largest absolute Gasteiger partial charge is 0.480 e. The molecule has 1 aliphatic heterocycles. The molecule has 3 atom stereocenters. The Kier molecular flexibility index (Phi) is 4.28. The van der Waals surface area contributed by atoms with E-state index in [2.05, 4.69) is 10.2 Å². The minimum absolute atomic E-state index is 0.625. The lowest BCUT2D eigenvalue weighted by Crippen LogP contribution is -2.59. The molecule has 2 N–H and O–H groups in total. The van der Waals surface area contributed by atoms with Gasteiger partial charge in [-0.15, -0.1) is 0 Å². The Balaban J connectivity index is 2.04. The number of hydrogen-bond donors (Lipinski definition) is 2. The van der Waals surface area contributed by atoms with Crippen LogP contribution in [0, 0.1) is 5.92 Å². The summed E-state index contributed by atoms with van der Waals surface area (Å²) in [4.78, 5) is 13.8. The van der Waals surface area contributed by atoms with Gasteiger partial charge in [0.25, 0.3) is 0 Å². The lowest BCUT2D eigenvalue weighted by molar-refractivity contribution is -0.145. The Labute approximate surface area is 110 Å². The van der Waals surface area contributed by atoms with Gasteiger partial charge in [0, 0.05) is 12.6 Å². The molecule has 1 heterocycles. The van der Waals surface area contributed by atoms with Crippen LogP contribution >= 0.6 is 0 Å². The van der Waals surface area contributed by atoms with Gasteiger partial charge in [-0.05, 0) is 52.1 Å². The number of aliphatic carboxylic acids is 1. The monoisotopic (exact) mass is 254 g/mol. The number of rotatable bonds is 4. The van der Waals surface area contributed by atoms with Gasteiger partial charge in [0.15, 0.2) is 0 Å². The second-order valence-electron chi connectivity index (χ2n) is 6.11. The Morgan fingerprint density at radius 1 is 1.33 bits per heavy atom. The van der Waals surface area contributed by atoms with Gasteiger partial charge in [-0.3, -0.25) is 9.69 Å². The molecule has 2 aliphatic rings. The maximum Gasteiger partial charge on any atom is 0.324 e. The number of piperidine rings is 1. The van der Waals surface area contributed by atoms with Gasteiger partial charge in [0.2, 0.25) is 0 Å². The summed E-state index contributed by atoms with van der Waals surface area (Å²) in [5.74, 6) is 0.0605. The summed E-state index contributed by atoms with van der Waals surface area (Å²) in [6.45, 7) is 3.48. The van der Waals surface area contributed by atoms with Gasteiger partial charge in [-0.2, -0.15) is 0 Å². The van der Waals surface area contributed by atoms with Crippen molar-refractivity contribution >= 4 is 5.97 Å². The molecule has 0 spiro atoms. The summed E-state index contributed by atoms with van der Waals surface area (Å²) in [6, 6.07) is 0.625. The molecule has 3 unspecified atom stereocenters. The maximum absolute atomic E-state index is 11.4. The van der Waals surface area contributed by atoms with Gasteiger partial charge in [-0.1, -0.05) is 12.8 Å². The molecule has 4 nitrogen and oxygen atoms in total. The smallest absolute Gasteiger partial charge is 0.324 e. The second-order valence-corrected chi connectivity index (χ2v) is 6.11. The van der Waals surface area contributed by atoms with Gasteiger partial charge < -0.3 is 10.4 Å². The minimum atomic E-state index is -0.820. The molecule has 18 heavy (non-hydrogen) atoms.